The highest BCUT2D eigenvalue weighted by atomic mass is 16.6. The number of rotatable bonds is 3. The number of nitrogens with one attached hydrogen (secondary N) is 1. The van der Waals surface area contributed by atoms with E-state index in [1.807, 2.05) is 0 Å². The summed E-state index contributed by atoms with van der Waals surface area (Å²) in [5, 5.41) is 2.57. The van der Waals surface area contributed by atoms with Crippen LogP contribution in [-0.2, 0) is 16.0 Å². The summed E-state index contributed by atoms with van der Waals surface area (Å²) in [5.74, 6) is -0.469. The predicted molar refractivity (Wildman–Crippen MR) is 68.7 cm³/mol. The van der Waals surface area contributed by atoms with Crippen LogP contribution in [0.3, 0.4) is 0 Å². The van der Waals surface area contributed by atoms with Crippen LogP contribution in [0, 0.1) is 0 Å². The van der Waals surface area contributed by atoms with Gasteiger partial charge in [-0.3, -0.25) is 4.98 Å². The third-order valence-electron chi connectivity index (χ3n) is 2.13. The van der Waals surface area contributed by atoms with Crippen molar-refractivity contribution < 1.29 is 19.1 Å². The van der Waals surface area contributed by atoms with E-state index in [1.54, 1.807) is 20.8 Å². The minimum absolute atomic E-state index is 0.146. The van der Waals surface area contributed by atoms with E-state index < -0.39 is 17.7 Å². The van der Waals surface area contributed by atoms with Gasteiger partial charge in [0, 0.05) is 24.5 Å². The Morgan fingerprint density at radius 3 is 2.63 bits per heavy atom. The first-order chi connectivity index (χ1) is 8.83. The molecule has 1 rings (SSSR count). The van der Waals surface area contributed by atoms with Crippen molar-refractivity contribution in [2.24, 2.45) is 0 Å². The maximum Gasteiger partial charge on any atom is 0.407 e. The van der Waals surface area contributed by atoms with E-state index in [2.05, 4.69) is 15.0 Å². The van der Waals surface area contributed by atoms with Gasteiger partial charge in [-0.1, -0.05) is 0 Å². The zero-order valence-electron chi connectivity index (χ0n) is 11.5. The second-order valence-corrected chi connectivity index (χ2v) is 4.88. The molecule has 0 aliphatic rings. The minimum Gasteiger partial charge on any atom is -0.465 e. The minimum atomic E-state index is -0.565. The lowest BCUT2D eigenvalue weighted by molar-refractivity contribution is 0.0518. The van der Waals surface area contributed by atoms with E-state index in [-0.39, 0.29) is 6.54 Å². The largest absolute Gasteiger partial charge is 0.465 e. The molecule has 1 heterocycles. The highest BCUT2D eigenvalue weighted by molar-refractivity contribution is 5.90. The lowest BCUT2D eigenvalue weighted by Gasteiger charge is -2.19. The van der Waals surface area contributed by atoms with Crippen molar-refractivity contribution in [3.63, 3.8) is 0 Å². The summed E-state index contributed by atoms with van der Waals surface area (Å²) in [4.78, 5) is 26.9. The monoisotopic (exact) mass is 266 g/mol. The molecule has 19 heavy (non-hydrogen) atoms. The van der Waals surface area contributed by atoms with Crippen molar-refractivity contribution in [1.29, 1.82) is 0 Å². The molecule has 1 amide bonds. The standard InChI is InChI=1S/C13H18N2O4/c1-13(2,3)19-12(17)15-8-9-7-14-6-5-10(9)11(16)18-4/h5-7H,8H2,1-4H3,(H,15,17). The molecule has 0 aliphatic carbocycles. The van der Waals surface area contributed by atoms with Crippen LogP contribution < -0.4 is 5.32 Å². The number of carbonyl (C=O) groups is 2. The molecule has 0 atom stereocenters. The smallest absolute Gasteiger partial charge is 0.407 e. The molecule has 1 N–H and O–H groups in total. The zero-order chi connectivity index (χ0) is 14.5. The highest BCUT2D eigenvalue weighted by Gasteiger charge is 2.17. The second-order valence-electron chi connectivity index (χ2n) is 4.88. The molecule has 0 saturated heterocycles. The van der Waals surface area contributed by atoms with Crippen LogP contribution in [0.15, 0.2) is 18.5 Å². The maximum absolute atomic E-state index is 11.5. The fourth-order valence-electron chi connectivity index (χ4n) is 1.36. The molecule has 0 unspecified atom stereocenters. The van der Waals surface area contributed by atoms with E-state index >= 15 is 0 Å². The number of pyridine rings is 1. The number of ether oxygens (including phenoxy) is 2. The van der Waals surface area contributed by atoms with Gasteiger partial charge < -0.3 is 14.8 Å². The fraction of sp³-hybridized carbons (Fsp3) is 0.462. The number of hydrogen-bond acceptors (Lipinski definition) is 5. The third-order valence-corrected chi connectivity index (χ3v) is 2.13. The highest BCUT2D eigenvalue weighted by Crippen LogP contribution is 2.10. The number of esters is 1. The molecule has 6 nitrogen and oxygen atoms in total. The lowest BCUT2D eigenvalue weighted by Crippen LogP contribution is -2.32. The molecule has 0 spiro atoms. The summed E-state index contributed by atoms with van der Waals surface area (Å²) in [7, 11) is 1.30. The Morgan fingerprint density at radius 1 is 1.37 bits per heavy atom. The normalized spacial score (nSPS) is 10.7. The lowest BCUT2D eigenvalue weighted by atomic mass is 10.1. The number of nitrogens with zero attached hydrogens (tertiary/aromatic N) is 1. The summed E-state index contributed by atoms with van der Waals surface area (Å²) in [6.07, 6.45) is 2.44. The number of alkyl carbamates (subject to hydrolysis) is 1. The van der Waals surface area contributed by atoms with E-state index in [9.17, 15) is 9.59 Å². The van der Waals surface area contributed by atoms with Gasteiger partial charge in [-0.2, -0.15) is 0 Å². The first-order valence-corrected chi connectivity index (χ1v) is 5.81. The first kappa shape index (κ1) is 14.9. The molecule has 0 bridgehead atoms. The number of aromatic nitrogens is 1. The number of carbonyl (C=O) groups excluding carboxylic acids is 2. The molecule has 1 aromatic rings. The molecule has 0 saturated carbocycles. The summed E-state index contributed by atoms with van der Waals surface area (Å²) < 4.78 is 9.75. The van der Waals surface area contributed by atoms with Crippen LogP contribution in [-0.4, -0.2) is 29.8 Å². The van der Waals surface area contributed by atoms with Gasteiger partial charge in [-0.05, 0) is 26.8 Å². The van der Waals surface area contributed by atoms with Gasteiger partial charge >= 0.3 is 12.1 Å². The first-order valence-electron chi connectivity index (χ1n) is 5.81. The molecule has 1 aromatic heterocycles. The molecule has 0 aliphatic heterocycles. The quantitative estimate of drug-likeness (QED) is 0.845. The molecule has 0 aromatic carbocycles. The van der Waals surface area contributed by atoms with Gasteiger partial charge in [0.2, 0.25) is 0 Å². The summed E-state index contributed by atoms with van der Waals surface area (Å²) in [5.41, 5.74) is 0.373. The van der Waals surface area contributed by atoms with Gasteiger partial charge in [-0.15, -0.1) is 0 Å². The van der Waals surface area contributed by atoms with E-state index in [0.717, 1.165) is 0 Å². The SMILES string of the molecule is COC(=O)c1ccncc1CNC(=O)OC(C)(C)C. The predicted octanol–water partition coefficient (Wildman–Crippen LogP) is 1.89. The van der Waals surface area contributed by atoms with E-state index in [4.69, 9.17) is 4.74 Å². The Labute approximate surface area is 112 Å². The van der Waals surface area contributed by atoms with Gasteiger partial charge in [0.05, 0.1) is 12.7 Å². The van der Waals surface area contributed by atoms with Gasteiger partial charge in [-0.25, -0.2) is 9.59 Å². The van der Waals surface area contributed by atoms with E-state index in [0.29, 0.717) is 11.1 Å². The average molecular weight is 266 g/mol. The Hall–Kier alpha value is -2.11. The van der Waals surface area contributed by atoms with Crippen molar-refractivity contribution in [2.75, 3.05) is 7.11 Å². The second kappa shape index (κ2) is 6.17. The summed E-state index contributed by atoms with van der Waals surface area (Å²) in [6.45, 7) is 5.47. The number of amides is 1. The van der Waals surface area contributed by atoms with Crippen molar-refractivity contribution in [2.45, 2.75) is 32.9 Å². The van der Waals surface area contributed by atoms with E-state index in [1.165, 1.54) is 25.6 Å². The van der Waals surface area contributed by atoms with Crippen molar-refractivity contribution in [1.82, 2.24) is 10.3 Å². The fourth-order valence-corrected chi connectivity index (χ4v) is 1.36. The van der Waals surface area contributed by atoms with Gasteiger partial charge in [0.25, 0.3) is 0 Å². The van der Waals surface area contributed by atoms with Crippen LogP contribution in [0.1, 0.15) is 36.7 Å². The summed E-state index contributed by atoms with van der Waals surface area (Å²) >= 11 is 0. The number of hydrogen-bond donors (Lipinski definition) is 1. The molecule has 6 heteroatoms. The number of methoxy groups -OCH3 is 1. The Bertz CT molecular complexity index is 466. The third kappa shape index (κ3) is 4.95. The van der Waals surface area contributed by atoms with Gasteiger partial charge in [0.15, 0.2) is 0 Å². The van der Waals surface area contributed by atoms with Crippen LogP contribution in [0.2, 0.25) is 0 Å². The topological polar surface area (TPSA) is 77.5 Å². The summed E-state index contributed by atoms with van der Waals surface area (Å²) in [6, 6.07) is 1.54. The Balaban J connectivity index is 2.68. The molecule has 104 valence electrons. The van der Waals surface area contributed by atoms with Crippen molar-refractivity contribution >= 4 is 12.1 Å². The average Bonchev–Trinajstić information content (AvgIpc) is 2.33. The van der Waals surface area contributed by atoms with Crippen LogP contribution >= 0.6 is 0 Å². The molecular weight excluding hydrogens is 248 g/mol. The van der Waals surface area contributed by atoms with Crippen LogP contribution in [0.5, 0.6) is 0 Å². The van der Waals surface area contributed by atoms with Crippen molar-refractivity contribution in [3.05, 3.63) is 29.6 Å². The molecule has 0 fully saturated rings. The van der Waals surface area contributed by atoms with Crippen molar-refractivity contribution in [3.8, 4) is 0 Å². The Morgan fingerprint density at radius 2 is 2.05 bits per heavy atom. The molecule has 0 radical (unpaired) electrons. The maximum atomic E-state index is 11.5. The Kier molecular flexibility index (Phi) is 4.86. The van der Waals surface area contributed by atoms with Gasteiger partial charge in [0.1, 0.15) is 5.60 Å². The molecular formula is C13H18N2O4. The van der Waals surface area contributed by atoms with Crippen LogP contribution in [0.25, 0.3) is 0 Å². The zero-order valence-corrected chi connectivity index (χ0v) is 11.5. The van der Waals surface area contributed by atoms with Crippen LogP contribution in [0.4, 0.5) is 4.79 Å².